The van der Waals surface area contributed by atoms with E-state index < -0.39 is 36.7 Å². The van der Waals surface area contributed by atoms with Crippen LogP contribution in [0.25, 0.3) is 0 Å². The number of para-hydroxylation sites is 2. The minimum Gasteiger partial charge on any atom is -0.491 e. The summed E-state index contributed by atoms with van der Waals surface area (Å²) >= 11 is 0. The molecule has 3 aromatic carbocycles. The van der Waals surface area contributed by atoms with E-state index in [1.807, 2.05) is 36.4 Å². The molecule has 3 N–H and O–H groups in total. The molecule has 14 nitrogen and oxygen atoms in total. The van der Waals surface area contributed by atoms with Crippen molar-refractivity contribution >= 4 is 18.0 Å². The molecule has 0 saturated heterocycles. The highest BCUT2D eigenvalue weighted by molar-refractivity contribution is 5.81. The molecule has 1 amide bonds. The van der Waals surface area contributed by atoms with Crippen molar-refractivity contribution in [2.24, 2.45) is 0 Å². The minimum atomic E-state index is -1.41. The van der Waals surface area contributed by atoms with Gasteiger partial charge < -0.3 is 48.3 Å². The van der Waals surface area contributed by atoms with Crippen molar-refractivity contribution in [2.45, 2.75) is 18.6 Å². The number of carbonyl (C=O) groups excluding carboxylic acids is 3. The smallest absolute Gasteiger partial charge is 0.407 e. The third kappa shape index (κ3) is 16.5. The van der Waals surface area contributed by atoms with E-state index in [1.54, 1.807) is 48.5 Å². The second kappa shape index (κ2) is 22.9. The molecular weight excluding hydrogens is 652 g/mol. The molecule has 3 unspecified atom stereocenters. The third-order valence-corrected chi connectivity index (χ3v) is 6.24. The molecule has 0 spiro atoms. The maximum Gasteiger partial charge on any atom is 0.407 e. The van der Waals surface area contributed by atoms with Gasteiger partial charge in [-0.25, -0.2) is 14.4 Å². The first-order valence-electron chi connectivity index (χ1n) is 15.7. The summed E-state index contributed by atoms with van der Waals surface area (Å²) in [6.07, 6.45) is -1.64. The van der Waals surface area contributed by atoms with Crippen LogP contribution in [0.1, 0.15) is 0 Å². The normalized spacial score (nSPS) is 12.3. The molecule has 268 valence electrons. The van der Waals surface area contributed by atoms with E-state index >= 15 is 0 Å². The van der Waals surface area contributed by atoms with Crippen LogP contribution in [0, 0.1) is 0 Å². The fraction of sp³-hybridized carbons (Fsp3) is 0.306. The molecule has 14 heteroatoms. The van der Waals surface area contributed by atoms with Gasteiger partial charge in [0.15, 0.2) is 6.10 Å². The highest BCUT2D eigenvalue weighted by Gasteiger charge is 2.19. The number of aliphatic hydroxyl groups is 1. The van der Waals surface area contributed by atoms with Gasteiger partial charge in [0.25, 0.3) is 0 Å². The number of benzene rings is 3. The van der Waals surface area contributed by atoms with Gasteiger partial charge in [-0.1, -0.05) is 55.6 Å². The van der Waals surface area contributed by atoms with Gasteiger partial charge in [-0.2, -0.15) is 0 Å². The molecule has 3 aromatic rings. The predicted octanol–water partition coefficient (Wildman–Crippen LogP) is 3.41. The number of nitrogens with one attached hydrogen (secondary N) is 2. The van der Waals surface area contributed by atoms with Gasteiger partial charge in [-0.15, -0.1) is 0 Å². The number of amides is 1. The molecule has 0 heterocycles. The summed E-state index contributed by atoms with van der Waals surface area (Å²) < 4.78 is 44.4. The van der Waals surface area contributed by atoms with E-state index in [1.165, 1.54) is 0 Å². The van der Waals surface area contributed by atoms with Crippen LogP contribution in [0.15, 0.2) is 110 Å². The van der Waals surface area contributed by atoms with Crippen molar-refractivity contribution in [2.75, 3.05) is 52.7 Å². The average molecular weight is 695 g/mol. The van der Waals surface area contributed by atoms with Crippen molar-refractivity contribution in [3.05, 3.63) is 110 Å². The molecule has 0 aliphatic rings. The summed E-state index contributed by atoms with van der Waals surface area (Å²) in [5, 5.41) is 15.6. The second-order valence-electron chi connectivity index (χ2n) is 10.1. The Balaban J connectivity index is 1.56. The number of ether oxygens (including phenoxy) is 8. The van der Waals surface area contributed by atoms with Gasteiger partial charge in [0.2, 0.25) is 6.41 Å². The number of hydrogen-bond acceptors (Lipinski definition) is 13. The zero-order chi connectivity index (χ0) is 35.8. The minimum absolute atomic E-state index is 0.00191. The summed E-state index contributed by atoms with van der Waals surface area (Å²) in [5.41, 5.74) is 0. The van der Waals surface area contributed by atoms with Crippen LogP contribution in [-0.4, -0.2) is 94.5 Å². The van der Waals surface area contributed by atoms with Crippen LogP contribution in [-0.2, 0) is 28.5 Å². The van der Waals surface area contributed by atoms with E-state index in [2.05, 4.69) is 23.8 Å². The number of esters is 2. The fourth-order valence-corrected chi connectivity index (χ4v) is 3.87. The van der Waals surface area contributed by atoms with E-state index in [4.69, 9.17) is 37.9 Å². The zero-order valence-corrected chi connectivity index (χ0v) is 27.5. The first-order chi connectivity index (χ1) is 24.3. The van der Waals surface area contributed by atoms with E-state index in [0.717, 1.165) is 12.2 Å². The summed E-state index contributed by atoms with van der Waals surface area (Å²) in [5.74, 6) is 0.852. The van der Waals surface area contributed by atoms with Crippen molar-refractivity contribution in [1.82, 2.24) is 10.6 Å². The Bertz CT molecular complexity index is 1460. The molecular formula is C36H42N2O12. The van der Waals surface area contributed by atoms with Gasteiger partial charge >= 0.3 is 18.0 Å². The zero-order valence-electron chi connectivity index (χ0n) is 27.5. The molecule has 3 rings (SSSR count). The summed E-state index contributed by atoms with van der Waals surface area (Å²) in [7, 11) is 0. The average Bonchev–Trinajstić information content (AvgIpc) is 3.14. The number of alkyl carbamates (subject to hydrolysis) is 1. The highest BCUT2D eigenvalue weighted by Crippen LogP contribution is 2.21. The summed E-state index contributed by atoms with van der Waals surface area (Å²) in [6.45, 7) is 6.71. The molecule has 0 radical (unpaired) electrons. The Morgan fingerprint density at radius 3 is 1.62 bits per heavy atom. The van der Waals surface area contributed by atoms with Gasteiger partial charge in [0.05, 0.1) is 6.54 Å². The van der Waals surface area contributed by atoms with Crippen LogP contribution < -0.4 is 29.6 Å². The summed E-state index contributed by atoms with van der Waals surface area (Å²) in [4.78, 5) is 34.9. The molecule has 0 aliphatic carbocycles. The lowest BCUT2D eigenvalue weighted by molar-refractivity contribution is -0.170. The lowest BCUT2D eigenvalue weighted by Crippen LogP contribution is -2.41. The van der Waals surface area contributed by atoms with Crippen molar-refractivity contribution in [3.63, 3.8) is 0 Å². The Kier molecular flexibility index (Phi) is 17.8. The number of hydrogen-bond donors (Lipinski definition) is 3. The highest BCUT2D eigenvalue weighted by atomic mass is 16.6. The van der Waals surface area contributed by atoms with Crippen LogP contribution in [0.5, 0.6) is 23.0 Å². The van der Waals surface area contributed by atoms with E-state index in [-0.39, 0.29) is 52.7 Å². The maximum absolute atomic E-state index is 12.4. The largest absolute Gasteiger partial charge is 0.491 e. The van der Waals surface area contributed by atoms with Crippen LogP contribution in [0.4, 0.5) is 4.79 Å². The molecule has 0 aliphatic heterocycles. The Hall–Kier alpha value is -5.57. The third-order valence-electron chi connectivity index (χ3n) is 6.24. The molecule has 3 atom stereocenters. The fourth-order valence-electron chi connectivity index (χ4n) is 3.87. The standard InChI is InChI=1S/C36H42N2O12/c1-3-33(39)43-20-18-37-35(41)49-31(23-45-27-12-7-5-8-13-27)25-47-29-16-11-17-30(22-29)48-26-32(24-46-28-14-9-6-10-15-28)50-36(42)38-19-21-44-34(40)4-2/h3-17,22,31-32,35,37,41H,1-2,18-21,23-26H2,(H,38,42). The molecule has 0 aromatic heterocycles. The van der Waals surface area contributed by atoms with Crippen molar-refractivity contribution < 1.29 is 57.4 Å². The van der Waals surface area contributed by atoms with Crippen LogP contribution in [0.2, 0.25) is 0 Å². The molecule has 50 heavy (non-hydrogen) atoms. The first kappa shape index (κ1) is 38.9. The van der Waals surface area contributed by atoms with Gasteiger partial charge in [-0.3, -0.25) is 5.32 Å². The Morgan fingerprint density at radius 1 is 0.640 bits per heavy atom. The molecule has 0 fully saturated rings. The van der Waals surface area contributed by atoms with Crippen LogP contribution >= 0.6 is 0 Å². The maximum atomic E-state index is 12.4. The van der Waals surface area contributed by atoms with Crippen molar-refractivity contribution in [1.29, 1.82) is 0 Å². The van der Waals surface area contributed by atoms with Gasteiger partial charge in [0, 0.05) is 24.8 Å². The lowest BCUT2D eigenvalue weighted by atomic mass is 10.3. The predicted molar refractivity (Wildman–Crippen MR) is 181 cm³/mol. The number of rotatable bonds is 24. The Morgan fingerprint density at radius 2 is 1.10 bits per heavy atom. The quantitative estimate of drug-likeness (QED) is 0.0411. The summed E-state index contributed by atoms with van der Waals surface area (Å²) in [6, 6.07) is 24.9. The SMILES string of the molecule is C=CC(=O)OCCNC(=O)OC(COc1ccccc1)COc1cccc(OCC(COc2ccccc2)OC(O)NCCOC(=O)C=C)c1. The Labute approximate surface area is 290 Å². The van der Waals surface area contributed by atoms with E-state index in [9.17, 15) is 19.5 Å². The first-order valence-corrected chi connectivity index (χ1v) is 15.7. The van der Waals surface area contributed by atoms with Gasteiger partial charge in [0.1, 0.15) is 68.7 Å². The molecule has 0 bridgehead atoms. The number of aliphatic hydroxyl groups excluding tert-OH is 1. The topological polar surface area (TPSA) is 169 Å². The molecule has 0 saturated carbocycles. The monoisotopic (exact) mass is 694 g/mol. The van der Waals surface area contributed by atoms with Gasteiger partial charge in [-0.05, 0) is 36.4 Å². The second-order valence-corrected chi connectivity index (χ2v) is 10.1. The van der Waals surface area contributed by atoms with E-state index in [0.29, 0.717) is 23.0 Å². The lowest BCUT2D eigenvalue weighted by Gasteiger charge is -2.23. The van der Waals surface area contributed by atoms with Crippen LogP contribution in [0.3, 0.4) is 0 Å². The number of carbonyl (C=O) groups is 3. The van der Waals surface area contributed by atoms with Crippen molar-refractivity contribution in [3.8, 4) is 23.0 Å².